The van der Waals surface area contributed by atoms with E-state index >= 15 is 0 Å². The number of rotatable bonds is 17. The van der Waals surface area contributed by atoms with Crippen LogP contribution in [0.25, 0.3) is 0 Å². The molecule has 0 heterocycles. The lowest BCUT2D eigenvalue weighted by atomic mass is 10.1. The maximum Gasteiger partial charge on any atom is 0.305 e. The Morgan fingerprint density at radius 3 is 1.87 bits per heavy atom. The maximum atomic E-state index is 11.7. The zero-order valence-corrected chi connectivity index (χ0v) is 16.3. The first-order chi connectivity index (χ1) is 11.2. The van der Waals surface area contributed by atoms with Crippen LogP contribution in [0.15, 0.2) is 0 Å². The monoisotopic (exact) mass is 367 g/mol. The molecular weight excluding hydrogens is 333 g/mol. The van der Waals surface area contributed by atoms with Gasteiger partial charge < -0.3 is 4.74 Å². The van der Waals surface area contributed by atoms with Crippen LogP contribution in [0, 0.1) is 0 Å². The lowest BCUT2D eigenvalue weighted by molar-refractivity contribution is -0.144. The molecule has 0 saturated heterocycles. The van der Waals surface area contributed by atoms with Gasteiger partial charge in [-0.25, -0.2) is 0 Å². The van der Waals surface area contributed by atoms with Gasteiger partial charge in [0, 0.05) is 37.8 Å². The van der Waals surface area contributed by atoms with Gasteiger partial charge in [0.25, 0.3) is 0 Å². The van der Waals surface area contributed by atoms with Gasteiger partial charge in [-0.15, -0.1) is 23.2 Å². The average molecular weight is 368 g/mol. The van der Waals surface area contributed by atoms with E-state index in [2.05, 4.69) is 11.8 Å². The molecule has 138 valence electrons. The summed E-state index contributed by atoms with van der Waals surface area (Å²) in [5.74, 6) is 1.07. The minimum Gasteiger partial charge on any atom is -0.464 e. The summed E-state index contributed by atoms with van der Waals surface area (Å²) in [6.45, 7) is 4.95. The SMILES string of the molecule is CCCCCCCCCCCC(=O)OCCN(CCCl)CCCl. The Kier molecular flexibility index (Phi) is 18.4. The van der Waals surface area contributed by atoms with E-state index in [1.807, 2.05) is 0 Å². The van der Waals surface area contributed by atoms with Crippen molar-refractivity contribution < 1.29 is 9.53 Å². The summed E-state index contributed by atoms with van der Waals surface area (Å²) in [6.07, 6.45) is 11.9. The molecule has 0 aromatic rings. The van der Waals surface area contributed by atoms with Gasteiger partial charge in [0.15, 0.2) is 0 Å². The molecule has 0 aromatic heterocycles. The van der Waals surface area contributed by atoms with Gasteiger partial charge in [-0.2, -0.15) is 0 Å². The Bertz CT molecular complexity index is 259. The van der Waals surface area contributed by atoms with Crippen molar-refractivity contribution in [3.63, 3.8) is 0 Å². The molecule has 0 radical (unpaired) electrons. The summed E-state index contributed by atoms with van der Waals surface area (Å²) in [7, 11) is 0. The van der Waals surface area contributed by atoms with Gasteiger partial charge in [-0.1, -0.05) is 58.3 Å². The second kappa shape index (κ2) is 18.4. The molecule has 0 bridgehead atoms. The van der Waals surface area contributed by atoms with Crippen LogP contribution >= 0.6 is 23.2 Å². The molecule has 5 heteroatoms. The van der Waals surface area contributed by atoms with Crippen molar-refractivity contribution >= 4 is 29.2 Å². The third kappa shape index (κ3) is 16.6. The molecule has 0 aliphatic carbocycles. The Morgan fingerprint density at radius 1 is 0.826 bits per heavy atom. The second-order valence-electron chi connectivity index (χ2n) is 6.02. The minimum absolute atomic E-state index is 0.0790. The molecular formula is C18H35Cl2NO2. The van der Waals surface area contributed by atoms with Crippen molar-refractivity contribution in [2.45, 2.75) is 71.1 Å². The van der Waals surface area contributed by atoms with Crippen LogP contribution in [0.2, 0.25) is 0 Å². The first-order valence-electron chi connectivity index (χ1n) is 9.24. The summed E-state index contributed by atoms with van der Waals surface area (Å²) >= 11 is 11.5. The Hall–Kier alpha value is 0.01000. The highest BCUT2D eigenvalue weighted by atomic mass is 35.5. The number of hydrogen-bond donors (Lipinski definition) is 0. The predicted molar refractivity (Wildman–Crippen MR) is 101 cm³/mol. The smallest absolute Gasteiger partial charge is 0.305 e. The lowest BCUT2D eigenvalue weighted by Crippen LogP contribution is -2.31. The van der Waals surface area contributed by atoms with Gasteiger partial charge >= 0.3 is 5.97 Å². The van der Waals surface area contributed by atoms with Crippen LogP contribution < -0.4 is 0 Å². The Labute approximate surface area is 153 Å². The highest BCUT2D eigenvalue weighted by molar-refractivity contribution is 6.18. The molecule has 0 N–H and O–H groups in total. The standard InChI is InChI=1S/C18H35Cl2NO2/c1-2-3-4-5-6-7-8-9-10-11-18(22)23-17-16-21(14-12-19)15-13-20/h2-17H2,1H3. The quantitative estimate of drug-likeness (QED) is 0.200. The van der Waals surface area contributed by atoms with E-state index in [1.54, 1.807) is 0 Å². The average Bonchev–Trinajstić information content (AvgIpc) is 2.53. The van der Waals surface area contributed by atoms with E-state index in [0.29, 0.717) is 31.3 Å². The number of esters is 1. The van der Waals surface area contributed by atoms with E-state index in [4.69, 9.17) is 27.9 Å². The molecule has 0 saturated carbocycles. The fourth-order valence-corrected chi connectivity index (χ4v) is 2.99. The lowest BCUT2D eigenvalue weighted by Gasteiger charge is -2.19. The van der Waals surface area contributed by atoms with Crippen LogP contribution in [0.4, 0.5) is 0 Å². The summed E-state index contributed by atoms with van der Waals surface area (Å²) in [5.41, 5.74) is 0. The zero-order valence-electron chi connectivity index (χ0n) is 14.8. The van der Waals surface area contributed by atoms with E-state index in [-0.39, 0.29) is 5.97 Å². The first-order valence-corrected chi connectivity index (χ1v) is 10.3. The van der Waals surface area contributed by atoms with Crippen molar-refractivity contribution in [1.82, 2.24) is 4.90 Å². The van der Waals surface area contributed by atoms with Gasteiger partial charge in [0.1, 0.15) is 6.61 Å². The number of ether oxygens (including phenoxy) is 1. The molecule has 0 amide bonds. The first kappa shape index (κ1) is 23.0. The van der Waals surface area contributed by atoms with Crippen LogP contribution in [0.5, 0.6) is 0 Å². The number of halogens is 2. The second-order valence-corrected chi connectivity index (χ2v) is 6.77. The largest absolute Gasteiger partial charge is 0.464 e. The van der Waals surface area contributed by atoms with E-state index < -0.39 is 0 Å². The number of carbonyl (C=O) groups is 1. The number of nitrogens with zero attached hydrogens (tertiary/aromatic N) is 1. The number of hydrogen-bond acceptors (Lipinski definition) is 3. The minimum atomic E-state index is -0.0790. The molecule has 0 aliphatic heterocycles. The molecule has 0 aromatic carbocycles. The van der Waals surface area contributed by atoms with Crippen LogP contribution in [-0.4, -0.2) is 48.9 Å². The zero-order chi connectivity index (χ0) is 17.2. The highest BCUT2D eigenvalue weighted by Gasteiger charge is 2.06. The Balaban J connectivity index is 3.39. The number of unbranched alkanes of at least 4 members (excludes halogenated alkanes) is 8. The van der Waals surface area contributed by atoms with E-state index in [0.717, 1.165) is 25.9 Å². The summed E-state index contributed by atoms with van der Waals surface area (Å²) in [4.78, 5) is 13.8. The Morgan fingerprint density at radius 2 is 1.35 bits per heavy atom. The summed E-state index contributed by atoms with van der Waals surface area (Å²) in [6, 6.07) is 0. The fourth-order valence-electron chi connectivity index (χ4n) is 2.52. The molecule has 0 unspecified atom stereocenters. The van der Waals surface area contributed by atoms with Crippen molar-refractivity contribution in [2.75, 3.05) is 38.0 Å². The fraction of sp³-hybridized carbons (Fsp3) is 0.944. The van der Waals surface area contributed by atoms with Gasteiger partial charge in [0.05, 0.1) is 0 Å². The number of carbonyl (C=O) groups excluding carboxylic acids is 1. The van der Waals surface area contributed by atoms with Crippen LogP contribution in [-0.2, 0) is 9.53 Å². The van der Waals surface area contributed by atoms with E-state index in [1.165, 1.54) is 44.9 Å². The number of alkyl halides is 2. The molecule has 0 spiro atoms. The van der Waals surface area contributed by atoms with Gasteiger partial charge in [0.2, 0.25) is 0 Å². The third-order valence-electron chi connectivity index (χ3n) is 3.96. The van der Waals surface area contributed by atoms with Gasteiger partial charge in [-0.3, -0.25) is 9.69 Å². The van der Waals surface area contributed by atoms with Crippen LogP contribution in [0.3, 0.4) is 0 Å². The predicted octanol–water partition coefficient (Wildman–Crippen LogP) is 5.23. The van der Waals surface area contributed by atoms with Crippen molar-refractivity contribution in [2.24, 2.45) is 0 Å². The summed E-state index contributed by atoms with van der Waals surface area (Å²) in [5, 5.41) is 0. The molecule has 0 aliphatic rings. The topological polar surface area (TPSA) is 29.5 Å². The van der Waals surface area contributed by atoms with Gasteiger partial charge in [-0.05, 0) is 6.42 Å². The van der Waals surface area contributed by atoms with Crippen molar-refractivity contribution in [3.8, 4) is 0 Å². The van der Waals surface area contributed by atoms with Crippen molar-refractivity contribution in [1.29, 1.82) is 0 Å². The highest BCUT2D eigenvalue weighted by Crippen LogP contribution is 2.10. The van der Waals surface area contributed by atoms with Crippen molar-refractivity contribution in [3.05, 3.63) is 0 Å². The molecule has 0 atom stereocenters. The maximum absolute atomic E-state index is 11.7. The normalized spacial score (nSPS) is 11.1. The van der Waals surface area contributed by atoms with E-state index in [9.17, 15) is 4.79 Å². The summed E-state index contributed by atoms with van der Waals surface area (Å²) < 4.78 is 5.27. The molecule has 0 fully saturated rings. The molecule has 3 nitrogen and oxygen atoms in total. The molecule has 23 heavy (non-hydrogen) atoms. The van der Waals surface area contributed by atoms with Crippen LogP contribution in [0.1, 0.15) is 71.1 Å². The third-order valence-corrected chi connectivity index (χ3v) is 4.29. The molecule has 0 rings (SSSR count).